The van der Waals surface area contributed by atoms with Gasteiger partial charge in [0.15, 0.2) is 22.9 Å². The summed E-state index contributed by atoms with van der Waals surface area (Å²) >= 11 is 0. The zero-order valence-corrected chi connectivity index (χ0v) is 29.0. The number of carbonyl (C=O) groups excluding carboxylic acids is 2. The Hall–Kier alpha value is -4.55. The van der Waals surface area contributed by atoms with Crippen LogP contribution < -0.4 is 25.2 Å². The number of ether oxygens (including phenoxy) is 2. The molecule has 0 spiro atoms. The third kappa shape index (κ3) is 8.78. The number of alkyl halides is 3. The summed E-state index contributed by atoms with van der Waals surface area (Å²) in [5.74, 6) is -1.85. The molecule has 2 aliphatic heterocycles. The predicted molar refractivity (Wildman–Crippen MR) is 180 cm³/mol. The summed E-state index contributed by atoms with van der Waals surface area (Å²) in [6.45, 7) is 10.1. The zero-order valence-electron chi connectivity index (χ0n) is 29.0. The minimum atomic E-state index is -4.99. The monoisotopic (exact) mass is 703 g/mol. The first kappa shape index (κ1) is 36.7. The van der Waals surface area contributed by atoms with Crippen molar-refractivity contribution in [1.82, 2.24) is 40.1 Å². The normalized spacial score (nSPS) is 17.4. The number of hydrogen-bond acceptors (Lipinski definition) is 12. The van der Waals surface area contributed by atoms with Gasteiger partial charge in [-0.2, -0.15) is 13.2 Å². The average Bonchev–Trinajstić information content (AvgIpc) is 3.58. The molecule has 3 aromatic rings. The molecular formula is C32H44F3N11O4. The number of likely N-dealkylation sites (N-methyl/N-ethyl adjacent to an activating group) is 1. The van der Waals surface area contributed by atoms with Gasteiger partial charge >= 0.3 is 6.18 Å². The smallest absolute Gasteiger partial charge is 0.435 e. The Morgan fingerprint density at radius 1 is 1.10 bits per heavy atom. The molecule has 1 atom stereocenters. The van der Waals surface area contributed by atoms with Crippen molar-refractivity contribution < 1.29 is 32.2 Å². The van der Waals surface area contributed by atoms with E-state index in [1.54, 1.807) is 39.2 Å². The largest absolute Gasteiger partial charge is 0.475 e. The van der Waals surface area contributed by atoms with Crippen LogP contribution in [0.3, 0.4) is 0 Å². The first-order chi connectivity index (χ1) is 23.8. The molecule has 2 N–H and O–H groups in total. The number of hydrogen-bond donors (Lipinski definition) is 2. The van der Waals surface area contributed by atoms with Gasteiger partial charge in [0.25, 0.3) is 17.7 Å². The summed E-state index contributed by atoms with van der Waals surface area (Å²) in [5, 5.41) is 13.7. The van der Waals surface area contributed by atoms with E-state index in [0.29, 0.717) is 44.2 Å². The van der Waals surface area contributed by atoms with E-state index >= 15 is 0 Å². The molecule has 50 heavy (non-hydrogen) atoms. The van der Waals surface area contributed by atoms with Crippen LogP contribution in [0, 0.1) is 0 Å². The number of aromatic nitrogens is 5. The molecule has 2 amide bonds. The maximum Gasteiger partial charge on any atom is 0.435 e. The Bertz CT molecular complexity index is 1650. The SMILES string of the molecule is CCOc1nc(C(F)(F)F)c(C(=O)Nc2cc(-n3cc(C(=O)NCCCN4CCOCC4)nn3)ccc2N2CCN(C)[C@H](C)C2)nc1N(C)C. The van der Waals surface area contributed by atoms with E-state index in [9.17, 15) is 22.8 Å². The molecule has 0 radical (unpaired) electrons. The lowest BCUT2D eigenvalue weighted by molar-refractivity contribution is -0.142. The van der Waals surface area contributed by atoms with Crippen LogP contribution in [0.5, 0.6) is 5.88 Å². The van der Waals surface area contributed by atoms with Gasteiger partial charge in [0.2, 0.25) is 0 Å². The van der Waals surface area contributed by atoms with Gasteiger partial charge in [-0.1, -0.05) is 5.21 Å². The fraction of sp³-hybridized carbons (Fsp3) is 0.562. The highest BCUT2D eigenvalue weighted by molar-refractivity contribution is 6.06. The van der Waals surface area contributed by atoms with Gasteiger partial charge in [0, 0.05) is 59.4 Å². The highest BCUT2D eigenvalue weighted by Crippen LogP contribution is 2.36. The van der Waals surface area contributed by atoms with Gasteiger partial charge in [-0.05, 0) is 52.1 Å². The van der Waals surface area contributed by atoms with E-state index in [1.807, 2.05) is 7.05 Å². The Morgan fingerprint density at radius 3 is 2.54 bits per heavy atom. The molecule has 0 aliphatic carbocycles. The summed E-state index contributed by atoms with van der Waals surface area (Å²) in [7, 11) is 5.15. The number of halogens is 3. The molecule has 2 fully saturated rings. The molecule has 0 unspecified atom stereocenters. The lowest BCUT2D eigenvalue weighted by Gasteiger charge is -2.39. The van der Waals surface area contributed by atoms with Crippen molar-refractivity contribution in [2.24, 2.45) is 0 Å². The number of amides is 2. The molecule has 15 nitrogen and oxygen atoms in total. The van der Waals surface area contributed by atoms with Crippen molar-refractivity contribution in [1.29, 1.82) is 0 Å². The van der Waals surface area contributed by atoms with E-state index in [-0.39, 0.29) is 41.6 Å². The van der Waals surface area contributed by atoms with E-state index < -0.39 is 23.5 Å². The van der Waals surface area contributed by atoms with E-state index in [4.69, 9.17) is 9.47 Å². The summed E-state index contributed by atoms with van der Waals surface area (Å²) in [4.78, 5) is 42.3. The maximum absolute atomic E-state index is 14.3. The van der Waals surface area contributed by atoms with Gasteiger partial charge < -0.3 is 34.8 Å². The van der Waals surface area contributed by atoms with Crippen molar-refractivity contribution in [2.75, 3.05) is 102 Å². The first-order valence-electron chi connectivity index (χ1n) is 16.6. The van der Waals surface area contributed by atoms with Gasteiger partial charge in [-0.3, -0.25) is 14.5 Å². The number of rotatable bonds is 12. The highest BCUT2D eigenvalue weighted by atomic mass is 19.4. The van der Waals surface area contributed by atoms with Gasteiger partial charge in [0.1, 0.15) is 0 Å². The van der Waals surface area contributed by atoms with Crippen LogP contribution in [-0.4, -0.2) is 139 Å². The predicted octanol–water partition coefficient (Wildman–Crippen LogP) is 2.39. The minimum Gasteiger partial charge on any atom is -0.475 e. The molecule has 18 heteroatoms. The molecule has 1 aromatic carbocycles. The lowest BCUT2D eigenvalue weighted by atomic mass is 10.1. The van der Waals surface area contributed by atoms with Gasteiger partial charge in [-0.15, -0.1) is 5.10 Å². The third-order valence-corrected chi connectivity index (χ3v) is 8.59. The van der Waals surface area contributed by atoms with Crippen LogP contribution in [-0.2, 0) is 10.9 Å². The van der Waals surface area contributed by atoms with E-state index in [0.717, 1.165) is 32.6 Å². The van der Waals surface area contributed by atoms with Gasteiger partial charge in [-0.25, -0.2) is 14.6 Å². The summed E-state index contributed by atoms with van der Waals surface area (Å²) in [5.41, 5.74) is -1.03. The standard InChI is InChI=1S/C32H44F3N11O4/c1-6-50-31-28(42(3)4)38-26(27(39-31)32(33,34)35)30(48)37-23-18-22(8-9-25(23)45-13-12-43(5)21(2)19-45)46-20-24(40-41-46)29(47)36-10-7-11-44-14-16-49-17-15-44/h8-9,18,20-21H,6-7,10-17,19H2,1-5H3,(H,36,47)(H,37,48)/t21-/m1/s1. The number of nitrogens with zero attached hydrogens (tertiary/aromatic N) is 9. The molecule has 2 aromatic heterocycles. The number of nitrogens with one attached hydrogen (secondary N) is 2. The minimum absolute atomic E-state index is 0.0265. The van der Waals surface area contributed by atoms with Crippen molar-refractivity contribution in [2.45, 2.75) is 32.5 Å². The highest BCUT2D eigenvalue weighted by Gasteiger charge is 2.40. The second-order valence-electron chi connectivity index (χ2n) is 12.4. The molecular weight excluding hydrogens is 659 g/mol. The van der Waals surface area contributed by atoms with E-state index in [2.05, 4.69) is 52.5 Å². The topological polar surface area (TPSA) is 146 Å². The maximum atomic E-state index is 14.3. The molecule has 2 saturated heterocycles. The van der Waals surface area contributed by atoms with Crippen LogP contribution in [0.15, 0.2) is 24.4 Å². The fourth-order valence-corrected chi connectivity index (χ4v) is 5.70. The third-order valence-electron chi connectivity index (χ3n) is 8.59. The number of piperazine rings is 1. The number of benzene rings is 1. The second kappa shape index (κ2) is 16.0. The molecule has 272 valence electrons. The molecule has 0 saturated carbocycles. The number of morpholine rings is 1. The second-order valence-corrected chi connectivity index (χ2v) is 12.4. The average molecular weight is 704 g/mol. The van der Waals surface area contributed by atoms with Crippen LogP contribution in [0.1, 0.15) is 46.9 Å². The first-order valence-corrected chi connectivity index (χ1v) is 16.6. The van der Waals surface area contributed by atoms with Crippen LogP contribution in [0.25, 0.3) is 5.69 Å². The zero-order chi connectivity index (χ0) is 36.0. The van der Waals surface area contributed by atoms with Crippen molar-refractivity contribution in [3.8, 4) is 11.6 Å². The summed E-state index contributed by atoms with van der Waals surface area (Å²) < 4.78 is 54.9. The van der Waals surface area contributed by atoms with Crippen molar-refractivity contribution in [3.05, 3.63) is 41.5 Å². The van der Waals surface area contributed by atoms with Crippen LogP contribution in [0.4, 0.5) is 30.4 Å². The van der Waals surface area contributed by atoms with E-state index in [1.165, 1.54) is 15.8 Å². The Balaban J connectivity index is 1.41. The lowest BCUT2D eigenvalue weighted by Crippen LogP contribution is -2.50. The Morgan fingerprint density at radius 2 is 1.86 bits per heavy atom. The number of anilines is 3. The quantitative estimate of drug-likeness (QED) is 0.267. The van der Waals surface area contributed by atoms with Crippen molar-refractivity contribution in [3.63, 3.8) is 0 Å². The Kier molecular flexibility index (Phi) is 11.7. The molecule has 0 bridgehead atoms. The van der Waals surface area contributed by atoms with Gasteiger partial charge in [0.05, 0.1) is 43.1 Å². The molecule has 2 aliphatic rings. The Labute approximate surface area is 288 Å². The summed E-state index contributed by atoms with van der Waals surface area (Å²) in [6, 6.07) is 5.26. The van der Waals surface area contributed by atoms with Crippen molar-refractivity contribution >= 4 is 29.0 Å². The molecule has 5 rings (SSSR count). The fourth-order valence-electron chi connectivity index (χ4n) is 5.70. The summed E-state index contributed by atoms with van der Waals surface area (Å²) in [6.07, 6.45) is -2.77. The molecule has 4 heterocycles. The van der Waals surface area contributed by atoms with Crippen LogP contribution >= 0.6 is 0 Å². The number of carbonyl (C=O) groups is 2. The van der Waals surface area contributed by atoms with Crippen LogP contribution in [0.2, 0.25) is 0 Å².